The lowest BCUT2D eigenvalue weighted by molar-refractivity contribution is -0.141. The average Bonchev–Trinajstić information content (AvgIpc) is 2.77. The van der Waals surface area contributed by atoms with E-state index in [2.05, 4.69) is 28.7 Å². The molecule has 0 amide bonds. The number of likely N-dealkylation sites (tertiary alicyclic amines) is 1. The van der Waals surface area contributed by atoms with Crippen LogP contribution >= 0.6 is 0 Å². The van der Waals surface area contributed by atoms with E-state index in [-0.39, 0.29) is 0 Å². The van der Waals surface area contributed by atoms with Crippen LogP contribution in [0.3, 0.4) is 0 Å². The Hall–Kier alpha value is -1.56. The van der Waals surface area contributed by atoms with E-state index in [1.807, 2.05) is 0 Å². The summed E-state index contributed by atoms with van der Waals surface area (Å²) in [6, 6.07) is 3.39. The molecule has 3 rings (SSSR count). The molecular formula is C16H20F3N3. The molecule has 0 aliphatic carbocycles. The standard InChI is InChI=1S/C16H20F3N3/c1-10-6-11(2)8-22(7-10)9-13-12-4-3-5-20-15(12)21-14(13)16(17,18)19/h3-5,10-11H,6-9H2,1-2H3,(H,20,21)/t10-,11-/m1/s1. The molecule has 1 aliphatic rings. The van der Waals surface area contributed by atoms with E-state index < -0.39 is 11.9 Å². The highest BCUT2D eigenvalue weighted by molar-refractivity contribution is 5.81. The monoisotopic (exact) mass is 311 g/mol. The number of halogens is 3. The van der Waals surface area contributed by atoms with Crippen molar-refractivity contribution in [2.75, 3.05) is 13.1 Å². The molecule has 1 saturated heterocycles. The van der Waals surface area contributed by atoms with Crippen molar-refractivity contribution in [2.45, 2.75) is 33.0 Å². The van der Waals surface area contributed by atoms with Gasteiger partial charge in [-0.15, -0.1) is 0 Å². The first-order valence-corrected chi connectivity index (χ1v) is 7.59. The van der Waals surface area contributed by atoms with Crippen LogP contribution in [0, 0.1) is 11.8 Å². The first-order valence-electron chi connectivity index (χ1n) is 7.59. The molecule has 2 aromatic rings. The van der Waals surface area contributed by atoms with E-state index in [0.717, 1.165) is 19.5 Å². The van der Waals surface area contributed by atoms with Gasteiger partial charge in [-0.1, -0.05) is 13.8 Å². The molecule has 0 unspecified atom stereocenters. The van der Waals surface area contributed by atoms with Crippen LogP contribution < -0.4 is 0 Å². The van der Waals surface area contributed by atoms with Crippen molar-refractivity contribution < 1.29 is 13.2 Å². The zero-order chi connectivity index (χ0) is 15.9. The number of aromatic nitrogens is 2. The maximum Gasteiger partial charge on any atom is 0.431 e. The summed E-state index contributed by atoms with van der Waals surface area (Å²) < 4.78 is 39.9. The highest BCUT2D eigenvalue weighted by Gasteiger charge is 2.37. The minimum atomic E-state index is -4.39. The number of aromatic amines is 1. The molecule has 2 aromatic heterocycles. The summed E-state index contributed by atoms with van der Waals surface area (Å²) in [7, 11) is 0. The molecule has 1 N–H and O–H groups in total. The van der Waals surface area contributed by atoms with Gasteiger partial charge in [0, 0.05) is 36.8 Å². The highest BCUT2D eigenvalue weighted by atomic mass is 19.4. The maximum atomic E-state index is 13.3. The molecule has 0 saturated carbocycles. The van der Waals surface area contributed by atoms with Crippen molar-refractivity contribution in [2.24, 2.45) is 11.8 Å². The zero-order valence-corrected chi connectivity index (χ0v) is 12.7. The van der Waals surface area contributed by atoms with Gasteiger partial charge in [0.2, 0.25) is 0 Å². The molecule has 0 spiro atoms. The molecule has 0 bridgehead atoms. The van der Waals surface area contributed by atoms with Crippen LogP contribution in [-0.4, -0.2) is 28.0 Å². The third kappa shape index (κ3) is 2.97. The lowest BCUT2D eigenvalue weighted by Crippen LogP contribution is -2.38. The number of fused-ring (bicyclic) bond motifs is 1. The quantitative estimate of drug-likeness (QED) is 0.907. The summed E-state index contributed by atoms with van der Waals surface area (Å²) in [6.45, 7) is 6.31. The molecule has 3 heterocycles. The minimum absolute atomic E-state index is 0.308. The molecule has 1 aliphatic heterocycles. The summed E-state index contributed by atoms with van der Waals surface area (Å²) in [5.74, 6) is 1.03. The number of hydrogen-bond donors (Lipinski definition) is 1. The topological polar surface area (TPSA) is 31.9 Å². The van der Waals surface area contributed by atoms with E-state index >= 15 is 0 Å². The number of hydrogen-bond acceptors (Lipinski definition) is 2. The van der Waals surface area contributed by atoms with Crippen molar-refractivity contribution in [3.8, 4) is 0 Å². The fraction of sp³-hybridized carbons (Fsp3) is 0.562. The lowest BCUT2D eigenvalue weighted by atomic mass is 9.91. The third-order valence-corrected chi connectivity index (χ3v) is 4.29. The minimum Gasteiger partial charge on any atom is -0.335 e. The van der Waals surface area contributed by atoms with E-state index in [4.69, 9.17) is 0 Å². The van der Waals surface area contributed by atoms with Gasteiger partial charge < -0.3 is 4.98 Å². The maximum absolute atomic E-state index is 13.3. The van der Waals surface area contributed by atoms with Crippen LogP contribution in [0.2, 0.25) is 0 Å². The van der Waals surface area contributed by atoms with Crippen LogP contribution in [-0.2, 0) is 12.7 Å². The Balaban J connectivity index is 1.98. The number of nitrogens with one attached hydrogen (secondary N) is 1. The van der Waals surface area contributed by atoms with E-state index in [0.29, 0.717) is 35.0 Å². The van der Waals surface area contributed by atoms with Crippen LogP contribution in [0.25, 0.3) is 11.0 Å². The normalized spacial score (nSPS) is 24.0. The van der Waals surface area contributed by atoms with Crippen LogP contribution in [0.1, 0.15) is 31.5 Å². The van der Waals surface area contributed by atoms with Gasteiger partial charge >= 0.3 is 6.18 Å². The van der Waals surface area contributed by atoms with Crippen molar-refractivity contribution in [3.05, 3.63) is 29.6 Å². The Labute approximate surface area is 127 Å². The Kier molecular flexibility index (Phi) is 3.89. The molecule has 1 fully saturated rings. The highest BCUT2D eigenvalue weighted by Crippen LogP contribution is 2.36. The second-order valence-electron chi connectivity index (χ2n) is 6.52. The van der Waals surface area contributed by atoms with Crippen molar-refractivity contribution in [1.82, 2.24) is 14.9 Å². The van der Waals surface area contributed by atoms with Gasteiger partial charge in [0.1, 0.15) is 11.3 Å². The van der Waals surface area contributed by atoms with Crippen molar-refractivity contribution >= 4 is 11.0 Å². The van der Waals surface area contributed by atoms with Gasteiger partial charge in [0.05, 0.1) is 0 Å². The van der Waals surface area contributed by atoms with E-state index in [9.17, 15) is 13.2 Å². The summed E-state index contributed by atoms with van der Waals surface area (Å²) in [6.07, 6.45) is -1.74. The van der Waals surface area contributed by atoms with Crippen LogP contribution in [0.4, 0.5) is 13.2 Å². The Bertz CT molecular complexity index is 652. The number of piperidine rings is 1. The van der Waals surface area contributed by atoms with Gasteiger partial charge in [0.15, 0.2) is 0 Å². The number of H-pyrrole nitrogens is 1. The molecule has 2 atom stereocenters. The molecule has 120 valence electrons. The number of alkyl halides is 3. The SMILES string of the molecule is C[C@@H]1C[C@@H](C)CN(Cc2c(C(F)(F)F)[nH]c3ncccc23)C1. The second kappa shape index (κ2) is 5.57. The smallest absolute Gasteiger partial charge is 0.335 e. The van der Waals surface area contributed by atoms with Crippen molar-refractivity contribution in [3.63, 3.8) is 0 Å². The van der Waals surface area contributed by atoms with E-state index in [1.165, 1.54) is 6.20 Å². The van der Waals surface area contributed by atoms with Crippen LogP contribution in [0.5, 0.6) is 0 Å². The molecular weight excluding hydrogens is 291 g/mol. The number of rotatable bonds is 2. The molecule has 0 radical (unpaired) electrons. The average molecular weight is 311 g/mol. The predicted octanol–water partition coefficient (Wildman–Crippen LogP) is 4.06. The second-order valence-corrected chi connectivity index (χ2v) is 6.52. The fourth-order valence-corrected chi connectivity index (χ4v) is 3.63. The zero-order valence-electron chi connectivity index (χ0n) is 12.7. The third-order valence-electron chi connectivity index (χ3n) is 4.29. The predicted molar refractivity (Wildman–Crippen MR) is 79.3 cm³/mol. The summed E-state index contributed by atoms with van der Waals surface area (Å²) >= 11 is 0. The van der Waals surface area contributed by atoms with Crippen molar-refractivity contribution in [1.29, 1.82) is 0 Å². The number of pyridine rings is 1. The largest absolute Gasteiger partial charge is 0.431 e. The Morgan fingerprint density at radius 2 is 1.95 bits per heavy atom. The fourth-order valence-electron chi connectivity index (χ4n) is 3.63. The first-order chi connectivity index (χ1) is 10.3. The van der Waals surface area contributed by atoms with Gasteiger partial charge in [-0.2, -0.15) is 13.2 Å². The molecule has 3 nitrogen and oxygen atoms in total. The first kappa shape index (κ1) is 15.3. The molecule has 22 heavy (non-hydrogen) atoms. The summed E-state index contributed by atoms with van der Waals surface area (Å²) in [5.41, 5.74) is -0.0353. The van der Waals surface area contributed by atoms with Crippen LogP contribution in [0.15, 0.2) is 18.3 Å². The Morgan fingerprint density at radius 1 is 1.27 bits per heavy atom. The summed E-state index contributed by atoms with van der Waals surface area (Å²) in [4.78, 5) is 8.61. The summed E-state index contributed by atoms with van der Waals surface area (Å²) in [5, 5.41) is 0.570. The lowest BCUT2D eigenvalue weighted by Gasteiger charge is -2.35. The van der Waals surface area contributed by atoms with Gasteiger partial charge in [-0.3, -0.25) is 4.90 Å². The van der Waals surface area contributed by atoms with E-state index in [1.54, 1.807) is 12.1 Å². The van der Waals surface area contributed by atoms with Gasteiger partial charge in [0.25, 0.3) is 0 Å². The molecule has 0 aromatic carbocycles. The molecule has 6 heteroatoms. The van der Waals surface area contributed by atoms with Gasteiger partial charge in [-0.25, -0.2) is 4.98 Å². The van der Waals surface area contributed by atoms with Gasteiger partial charge in [-0.05, 0) is 30.4 Å². The number of nitrogens with zero attached hydrogens (tertiary/aromatic N) is 2. The Morgan fingerprint density at radius 3 is 2.59 bits per heavy atom.